The number of fused-ring (bicyclic) bond motifs is 1. The van der Waals surface area contributed by atoms with E-state index in [0.29, 0.717) is 0 Å². The number of benzene rings is 1. The summed E-state index contributed by atoms with van der Waals surface area (Å²) in [7, 11) is 2.06. The van der Waals surface area contributed by atoms with Crippen LogP contribution in [0.3, 0.4) is 0 Å². The zero-order valence-corrected chi connectivity index (χ0v) is 9.34. The van der Waals surface area contributed by atoms with Gasteiger partial charge in [-0.3, -0.25) is 9.69 Å². The number of carbonyl (C=O) groups is 1. The van der Waals surface area contributed by atoms with Crippen molar-refractivity contribution in [1.29, 1.82) is 0 Å². The van der Waals surface area contributed by atoms with Gasteiger partial charge in [0.2, 0.25) is 5.91 Å². The van der Waals surface area contributed by atoms with Crippen LogP contribution in [-0.2, 0) is 17.9 Å². The SMILES string of the molecule is CN1Cc2cccc(NC(=O)CCl)c2C1. The van der Waals surface area contributed by atoms with E-state index in [4.69, 9.17) is 11.6 Å². The van der Waals surface area contributed by atoms with E-state index in [0.717, 1.165) is 18.8 Å². The molecule has 15 heavy (non-hydrogen) atoms. The molecule has 0 aromatic heterocycles. The van der Waals surface area contributed by atoms with Gasteiger partial charge in [0.25, 0.3) is 0 Å². The molecule has 0 saturated heterocycles. The van der Waals surface area contributed by atoms with E-state index in [1.807, 2.05) is 12.1 Å². The fourth-order valence-electron chi connectivity index (χ4n) is 1.89. The van der Waals surface area contributed by atoms with Gasteiger partial charge in [-0.2, -0.15) is 0 Å². The molecule has 1 aromatic carbocycles. The highest BCUT2D eigenvalue weighted by Crippen LogP contribution is 2.28. The minimum atomic E-state index is -0.153. The Bertz CT molecular complexity index is 392. The second kappa shape index (κ2) is 4.21. The Labute approximate surface area is 94.0 Å². The van der Waals surface area contributed by atoms with Gasteiger partial charge in [-0.25, -0.2) is 0 Å². The van der Waals surface area contributed by atoms with Gasteiger partial charge in [0.05, 0.1) is 0 Å². The number of anilines is 1. The summed E-state index contributed by atoms with van der Waals surface area (Å²) in [6.07, 6.45) is 0. The molecule has 1 aromatic rings. The van der Waals surface area contributed by atoms with E-state index in [2.05, 4.69) is 23.3 Å². The largest absolute Gasteiger partial charge is 0.325 e. The van der Waals surface area contributed by atoms with Crippen LogP contribution in [-0.4, -0.2) is 23.7 Å². The predicted molar refractivity (Wildman–Crippen MR) is 61.0 cm³/mol. The summed E-state index contributed by atoms with van der Waals surface area (Å²) >= 11 is 5.46. The molecule has 2 rings (SSSR count). The molecule has 0 saturated carbocycles. The summed E-state index contributed by atoms with van der Waals surface area (Å²) < 4.78 is 0. The molecule has 0 radical (unpaired) electrons. The molecule has 0 aliphatic carbocycles. The summed E-state index contributed by atoms with van der Waals surface area (Å²) in [4.78, 5) is 13.4. The summed E-state index contributed by atoms with van der Waals surface area (Å²) in [6.45, 7) is 1.83. The van der Waals surface area contributed by atoms with Gasteiger partial charge >= 0.3 is 0 Å². The summed E-state index contributed by atoms with van der Waals surface area (Å²) in [5, 5.41) is 2.81. The first-order valence-corrected chi connectivity index (χ1v) is 5.39. The number of hydrogen-bond acceptors (Lipinski definition) is 2. The maximum atomic E-state index is 11.2. The van der Waals surface area contributed by atoms with Gasteiger partial charge in [-0.15, -0.1) is 11.6 Å². The Morgan fingerprint density at radius 2 is 2.33 bits per heavy atom. The predicted octanol–water partition coefficient (Wildman–Crippen LogP) is 1.81. The fraction of sp³-hybridized carbons (Fsp3) is 0.364. The number of hydrogen-bond donors (Lipinski definition) is 1. The lowest BCUT2D eigenvalue weighted by molar-refractivity contribution is -0.113. The third kappa shape index (κ3) is 2.13. The number of amides is 1. The summed E-state index contributed by atoms with van der Waals surface area (Å²) in [5.74, 6) is -0.154. The van der Waals surface area contributed by atoms with Crippen molar-refractivity contribution in [3.05, 3.63) is 29.3 Å². The molecular formula is C11H13ClN2O. The van der Waals surface area contributed by atoms with Gasteiger partial charge in [-0.05, 0) is 24.2 Å². The van der Waals surface area contributed by atoms with Crippen molar-refractivity contribution in [3.63, 3.8) is 0 Å². The monoisotopic (exact) mass is 224 g/mol. The number of nitrogens with zero attached hydrogens (tertiary/aromatic N) is 1. The van der Waals surface area contributed by atoms with Crippen LogP contribution < -0.4 is 5.32 Å². The lowest BCUT2D eigenvalue weighted by Gasteiger charge is -2.08. The van der Waals surface area contributed by atoms with Crippen molar-refractivity contribution in [2.24, 2.45) is 0 Å². The van der Waals surface area contributed by atoms with Crippen LogP contribution in [0.4, 0.5) is 5.69 Å². The molecule has 0 atom stereocenters. The maximum Gasteiger partial charge on any atom is 0.239 e. The average molecular weight is 225 g/mol. The van der Waals surface area contributed by atoms with Gasteiger partial charge in [0.1, 0.15) is 5.88 Å². The zero-order chi connectivity index (χ0) is 10.8. The molecule has 1 amide bonds. The molecule has 0 bridgehead atoms. The van der Waals surface area contributed by atoms with Crippen molar-refractivity contribution >= 4 is 23.2 Å². The molecule has 3 nitrogen and oxygen atoms in total. The molecule has 0 spiro atoms. The number of rotatable bonds is 2. The normalized spacial score (nSPS) is 15.1. The Morgan fingerprint density at radius 3 is 3.07 bits per heavy atom. The Hall–Kier alpha value is -1.06. The number of carbonyl (C=O) groups excluding carboxylic acids is 1. The van der Waals surface area contributed by atoms with Gasteiger partial charge in [0, 0.05) is 18.8 Å². The highest BCUT2D eigenvalue weighted by atomic mass is 35.5. The minimum absolute atomic E-state index is 0.000489. The molecular weight excluding hydrogens is 212 g/mol. The molecule has 1 heterocycles. The third-order valence-electron chi connectivity index (χ3n) is 2.54. The topological polar surface area (TPSA) is 32.3 Å². The van der Waals surface area contributed by atoms with Crippen molar-refractivity contribution in [2.45, 2.75) is 13.1 Å². The first-order chi connectivity index (χ1) is 7.20. The van der Waals surface area contributed by atoms with Gasteiger partial charge in [0.15, 0.2) is 0 Å². The van der Waals surface area contributed by atoms with Crippen LogP contribution in [0.2, 0.25) is 0 Å². The molecule has 1 aliphatic heterocycles. The highest BCUT2D eigenvalue weighted by molar-refractivity contribution is 6.29. The summed E-state index contributed by atoms with van der Waals surface area (Å²) in [6, 6.07) is 5.97. The van der Waals surface area contributed by atoms with Crippen molar-refractivity contribution < 1.29 is 4.79 Å². The zero-order valence-electron chi connectivity index (χ0n) is 8.59. The van der Waals surface area contributed by atoms with Crippen LogP contribution in [0.25, 0.3) is 0 Å². The number of alkyl halides is 1. The molecule has 80 valence electrons. The van der Waals surface area contributed by atoms with Crippen LogP contribution in [0.1, 0.15) is 11.1 Å². The van der Waals surface area contributed by atoms with E-state index in [1.165, 1.54) is 11.1 Å². The van der Waals surface area contributed by atoms with Crippen LogP contribution >= 0.6 is 11.6 Å². The smallest absolute Gasteiger partial charge is 0.239 e. The first-order valence-electron chi connectivity index (χ1n) is 4.86. The molecule has 1 N–H and O–H groups in total. The average Bonchev–Trinajstić information content (AvgIpc) is 2.59. The van der Waals surface area contributed by atoms with E-state index < -0.39 is 0 Å². The first kappa shape index (κ1) is 10.5. The molecule has 4 heteroatoms. The van der Waals surface area contributed by atoms with E-state index in [-0.39, 0.29) is 11.8 Å². The van der Waals surface area contributed by atoms with Gasteiger partial charge < -0.3 is 5.32 Å². The minimum Gasteiger partial charge on any atom is -0.325 e. The quantitative estimate of drug-likeness (QED) is 0.778. The Balaban J connectivity index is 2.26. The molecule has 0 unspecified atom stereocenters. The van der Waals surface area contributed by atoms with E-state index in [1.54, 1.807) is 0 Å². The van der Waals surface area contributed by atoms with Gasteiger partial charge in [-0.1, -0.05) is 12.1 Å². The Kier molecular flexibility index (Phi) is 2.93. The number of nitrogens with one attached hydrogen (secondary N) is 1. The summed E-state index contributed by atoms with van der Waals surface area (Å²) in [5.41, 5.74) is 3.38. The lowest BCUT2D eigenvalue weighted by Crippen LogP contribution is -2.14. The maximum absolute atomic E-state index is 11.2. The van der Waals surface area contributed by atoms with Crippen molar-refractivity contribution in [2.75, 3.05) is 18.2 Å². The van der Waals surface area contributed by atoms with Crippen molar-refractivity contribution in [3.8, 4) is 0 Å². The number of halogens is 1. The second-order valence-corrected chi connectivity index (χ2v) is 4.06. The van der Waals surface area contributed by atoms with E-state index in [9.17, 15) is 4.79 Å². The van der Waals surface area contributed by atoms with Crippen LogP contribution in [0.5, 0.6) is 0 Å². The second-order valence-electron chi connectivity index (χ2n) is 3.80. The van der Waals surface area contributed by atoms with Crippen LogP contribution in [0, 0.1) is 0 Å². The lowest BCUT2D eigenvalue weighted by atomic mass is 10.1. The molecule has 1 aliphatic rings. The third-order valence-corrected chi connectivity index (χ3v) is 2.78. The van der Waals surface area contributed by atoms with E-state index >= 15 is 0 Å². The van der Waals surface area contributed by atoms with Crippen LogP contribution in [0.15, 0.2) is 18.2 Å². The highest BCUT2D eigenvalue weighted by Gasteiger charge is 2.18. The van der Waals surface area contributed by atoms with Crippen molar-refractivity contribution in [1.82, 2.24) is 4.90 Å². The Morgan fingerprint density at radius 1 is 1.53 bits per heavy atom. The molecule has 0 fully saturated rings. The fourth-order valence-corrected chi connectivity index (χ4v) is 1.95. The standard InChI is InChI=1S/C11H13ClN2O/c1-14-6-8-3-2-4-10(9(8)7-14)13-11(15)5-12/h2-4H,5-7H2,1H3,(H,13,15).